The van der Waals surface area contributed by atoms with Crippen LogP contribution in [0.2, 0.25) is 0 Å². The fourth-order valence-electron chi connectivity index (χ4n) is 2.95. The number of halogens is 1. The summed E-state index contributed by atoms with van der Waals surface area (Å²) in [6.45, 7) is 3.78. The lowest BCUT2D eigenvalue weighted by Gasteiger charge is -2.29. The highest BCUT2D eigenvalue weighted by Crippen LogP contribution is 2.14. The lowest BCUT2D eigenvalue weighted by molar-refractivity contribution is -0.137. The Balaban J connectivity index is 2.08. The molecule has 2 amide bonds. The van der Waals surface area contributed by atoms with Gasteiger partial charge < -0.3 is 15.7 Å². The Morgan fingerprint density at radius 3 is 2.24 bits per heavy atom. The highest BCUT2D eigenvalue weighted by atomic mass is 79.9. The number of carbonyl (C=O) groups excluding carboxylic acids is 2. The molecule has 0 saturated carbocycles. The van der Waals surface area contributed by atoms with Gasteiger partial charge in [-0.1, -0.05) is 46.3 Å². The average Bonchev–Trinajstić information content (AvgIpc) is 2.65. The molecule has 2 rings (SSSR count). The normalized spacial score (nSPS) is 12.1. The van der Waals surface area contributed by atoms with Gasteiger partial charge in [-0.25, -0.2) is 0 Å². The Morgan fingerprint density at radius 1 is 1.03 bits per heavy atom. The number of nitrogens with one attached hydrogen (secondary N) is 2. The van der Waals surface area contributed by atoms with Gasteiger partial charge in [0, 0.05) is 22.0 Å². The first-order valence-electron chi connectivity index (χ1n) is 9.30. The van der Waals surface area contributed by atoms with Gasteiger partial charge >= 0.3 is 5.97 Å². The van der Waals surface area contributed by atoms with Crippen LogP contribution in [0.4, 0.5) is 0 Å². The van der Waals surface area contributed by atoms with Crippen LogP contribution in [0.1, 0.15) is 42.6 Å². The topological polar surface area (TPSA) is 95.5 Å². The van der Waals surface area contributed by atoms with Crippen LogP contribution in [-0.2, 0) is 16.0 Å². The van der Waals surface area contributed by atoms with Crippen molar-refractivity contribution in [2.75, 3.05) is 0 Å². The lowest BCUT2D eigenvalue weighted by Crippen LogP contribution is -2.54. The summed E-state index contributed by atoms with van der Waals surface area (Å²) in [6, 6.07) is 15.5. The van der Waals surface area contributed by atoms with Gasteiger partial charge in [0.25, 0.3) is 5.91 Å². The molecule has 3 N–H and O–H groups in total. The highest BCUT2D eigenvalue weighted by Gasteiger charge is 2.28. The van der Waals surface area contributed by atoms with Crippen LogP contribution in [-0.4, -0.2) is 34.5 Å². The molecule has 0 aliphatic carbocycles. The Bertz CT molecular complexity index is 851. The first kappa shape index (κ1) is 22.6. The van der Waals surface area contributed by atoms with E-state index < -0.39 is 29.4 Å². The average molecular weight is 461 g/mol. The predicted molar refractivity (Wildman–Crippen MR) is 115 cm³/mol. The maximum absolute atomic E-state index is 12.9. The molecule has 0 heterocycles. The SMILES string of the molecule is CC(C)(Cc1ccccc1)NC(=O)[C@H](CCC(=O)O)NC(=O)c1ccc(Br)cc1. The van der Waals surface area contributed by atoms with E-state index in [1.54, 1.807) is 24.3 Å². The van der Waals surface area contributed by atoms with Crippen molar-refractivity contribution in [2.45, 2.75) is 44.7 Å². The summed E-state index contributed by atoms with van der Waals surface area (Å²) < 4.78 is 0.830. The summed E-state index contributed by atoms with van der Waals surface area (Å²) in [5.41, 5.74) is 0.895. The minimum absolute atomic E-state index is 0.00481. The Hall–Kier alpha value is -2.67. The molecule has 154 valence electrons. The number of carboxylic acids is 1. The number of benzene rings is 2. The second-order valence-corrected chi connectivity index (χ2v) is 8.42. The summed E-state index contributed by atoms with van der Waals surface area (Å²) in [5, 5.41) is 14.6. The summed E-state index contributed by atoms with van der Waals surface area (Å²) in [4.78, 5) is 36.4. The number of aliphatic carboxylic acids is 1. The maximum atomic E-state index is 12.9. The minimum Gasteiger partial charge on any atom is -0.481 e. The van der Waals surface area contributed by atoms with E-state index in [-0.39, 0.29) is 12.8 Å². The van der Waals surface area contributed by atoms with E-state index in [0.717, 1.165) is 10.0 Å². The highest BCUT2D eigenvalue weighted by molar-refractivity contribution is 9.10. The molecule has 1 atom stereocenters. The van der Waals surface area contributed by atoms with Crippen LogP contribution < -0.4 is 10.6 Å². The summed E-state index contributed by atoms with van der Waals surface area (Å²) in [6.07, 6.45) is 0.383. The first-order valence-corrected chi connectivity index (χ1v) is 10.1. The summed E-state index contributed by atoms with van der Waals surface area (Å²) in [7, 11) is 0. The van der Waals surface area contributed by atoms with Crippen molar-refractivity contribution in [2.24, 2.45) is 0 Å². The number of amides is 2. The van der Waals surface area contributed by atoms with Crippen molar-refractivity contribution in [3.63, 3.8) is 0 Å². The Labute approximate surface area is 178 Å². The molecule has 0 bridgehead atoms. The molecule has 2 aromatic rings. The van der Waals surface area contributed by atoms with Crippen LogP contribution in [0.5, 0.6) is 0 Å². The van der Waals surface area contributed by atoms with E-state index in [1.165, 1.54) is 0 Å². The van der Waals surface area contributed by atoms with Gasteiger partial charge in [0.2, 0.25) is 5.91 Å². The van der Waals surface area contributed by atoms with Gasteiger partial charge in [-0.2, -0.15) is 0 Å². The number of carbonyl (C=O) groups is 3. The standard InChI is InChI=1S/C22H25BrN2O4/c1-22(2,14-15-6-4-3-5-7-15)25-21(29)18(12-13-19(26)27)24-20(28)16-8-10-17(23)11-9-16/h3-11,18H,12-14H2,1-2H3,(H,24,28)(H,25,29)(H,26,27)/t18-/m0/s1. The molecule has 0 aliphatic heterocycles. The molecule has 0 saturated heterocycles. The number of rotatable bonds is 9. The number of hydrogen-bond donors (Lipinski definition) is 3. The molecule has 6 nitrogen and oxygen atoms in total. The molecule has 0 radical (unpaired) electrons. The summed E-state index contributed by atoms with van der Waals surface area (Å²) >= 11 is 3.31. The molecule has 0 spiro atoms. The monoisotopic (exact) mass is 460 g/mol. The fourth-order valence-corrected chi connectivity index (χ4v) is 3.21. The molecule has 0 aliphatic rings. The molecule has 29 heavy (non-hydrogen) atoms. The zero-order chi connectivity index (χ0) is 21.4. The van der Waals surface area contributed by atoms with Gasteiger partial charge in [-0.3, -0.25) is 14.4 Å². The fraction of sp³-hybridized carbons (Fsp3) is 0.318. The zero-order valence-corrected chi connectivity index (χ0v) is 18.0. The van der Waals surface area contributed by atoms with E-state index in [1.807, 2.05) is 44.2 Å². The van der Waals surface area contributed by atoms with Crippen LogP contribution >= 0.6 is 15.9 Å². The Morgan fingerprint density at radius 2 is 1.66 bits per heavy atom. The molecule has 0 aromatic heterocycles. The summed E-state index contributed by atoms with van der Waals surface area (Å²) in [5.74, 6) is -1.86. The van der Waals surface area contributed by atoms with E-state index in [2.05, 4.69) is 26.6 Å². The van der Waals surface area contributed by atoms with Gasteiger partial charge in [-0.15, -0.1) is 0 Å². The second-order valence-electron chi connectivity index (χ2n) is 7.50. The van der Waals surface area contributed by atoms with Crippen molar-refractivity contribution >= 4 is 33.7 Å². The maximum Gasteiger partial charge on any atom is 0.303 e. The van der Waals surface area contributed by atoms with E-state index in [0.29, 0.717) is 12.0 Å². The quantitative estimate of drug-likeness (QED) is 0.532. The number of hydrogen-bond acceptors (Lipinski definition) is 3. The molecule has 0 unspecified atom stereocenters. The first-order chi connectivity index (χ1) is 13.7. The molecular formula is C22H25BrN2O4. The third kappa shape index (κ3) is 7.69. The van der Waals surface area contributed by atoms with Gasteiger partial charge in [0.05, 0.1) is 0 Å². The number of carboxylic acid groups (broad SMARTS) is 1. The minimum atomic E-state index is -1.02. The predicted octanol–water partition coefficient (Wildman–Crippen LogP) is 3.55. The van der Waals surface area contributed by atoms with Crippen molar-refractivity contribution in [3.8, 4) is 0 Å². The van der Waals surface area contributed by atoms with Crippen molar-refractivity contribution < 1.29 is 19.5 Å². The van der Waals surface area contributed by atoms with E-state index in [9.17, 15) is 14.4 Å². The zero-order valence-electron chi connectivity index (χ0n) is 16.4. The molecular weight excluding hydrogens is 436 g/mol. The Kier molecular flexibility index (Phi) is 7.96. The van der Waals surface area contributed by atoms with Crippen molar-refractivity contribution in [1.29, 1.82) is 0 Å². The molecule has 7 heteroatoms. The lowest BCUT2D eigenvalue weighted by atomic mass is 9.94. The smallest absolute Gasteiger partial charge is 0.303 e. The van der Waals surface area contributed by atoms with Crippen LogP contribution in [0.25, 0.3) is 0 Å². The van der Waals surface area contributed by atoms with Crippen LogP contribution in [0.15, 0.2) is 59.1 Å². The van der Waals surface area contributed by atoms with Crippen molar-refractivity contribution in [1.82, 2.24) is 10.6 Å². The third-order valence-corrected chi connectivity index (χ3v) is 4.85. The van der Waals surface area contributed by atoms with Crippen LogP contribution in [0, 0.1) is 0 Å². The van der Waals surface area contributed by atoms with E-state index in [4.69, 9.17) is 5.11 Å². The third-order valence-electron chi connectivity index (χ3n) is 4.33. The van der Waals surface area contributed by atoms with Crippen LogP contribution in [0.3, 0.4) is 0 Å². The molecule has 2 aromatic carbocycles. The molecule has 0 fully saturated rings. The largest absolute Gasteiger partial charge is 0.481 e. The second kappa shape index (κ2) is 10.2. The van der Waals surface area contributed by atoms with Gasteiger partial charge in [0.15, 0.2) is 0 Å². The van der Waals surface area contributed by atoms with Gasteiger partial charge in [-0.05, 0) is 56.5 Å². The van der Waals surface area contributed by atoms with E-state index >= 15 is 0 Å². The van der Waals surface area contributed by atoms with Gasteiger partial charge in [0.1, 0.15) is 6.04 Å². The van der Waals surface area contributed by atoms with Crippen molar-refractivity contribution in [3.05, 3.63) is 70.2 Å².